The van der Waals surface area contributed by atoms with E-state index in [1.54, 1.807) is 12.1 Å². The fourth-order valence-corrected chi connectivity index (χ4v) is 3.45. The average Bonchev–Trinajstić information content (AvgIpc) is 2.47. The number of benzene rings is 1. The summed E-state index contributed by atoms with van der Waals surface area (Å²) in [7, 11) is 2.16. The molecule has 0 unspecified atom stereocenters. The first kappa shape index (κ1) is 17.8. The molecule has 128 valence electrons. The average molecular weight is 318 g/mol. The molecule has 2 rings (SSSR count). The largest absolute Gasteiger partial charge is 0.508 e. The molecule has 1 aromatic carbocycles. The van der Waals surface area contributed by atoms with Crippen LogP contribution in [0.5, 0.6) is 5.75 Å². The van der Waals surface area contributed by atoms with Gasteiger partial charge in [-0.1, -0.05) is 12.1 Å². The zero-order valence-electron chi connectivity index (χ0n) is 14.6. The third kappa shape index (κ3) is 6.22. The SMILES string of the molecule is CN1CCC[C@@H](CCC(=O)NC(C)(C)Cc2ccc(O)cc2)C1. The quantitative estimate of drug-likeness (QED) is 0.848. The Morgan fingerprint density at radius 2 is 2.04 bits per heavy atom. The van der Waals surface area contributed by atoms with Gasteiger partial charge in [0.1, 0.15) is 5.75 Å². The first-order chi connectivity index (χ1) is 10.8. The molecule has 1 saturated heterocycles. The van der Waals surface area contributed by atoms with E-state index in [1.165, 1.54) is 19.4 Å². The minimum atomic E-state index is -0.280. The van der Waals surface area contributed by atoms with Gasteiger partial charge in [-0.3, -0.25) is 4.79 Å². The minimum Gasteiger partial charge on any atom is -0.508 e. The Labute approximate surface area is 139 Å². The van der Waals surface area contributed by atoms with Crippen LogP contribution in [0.3, 0.4) is 0 Å². The summed E-state index contributed by atoms with van der Waals surface area (Å²) in [4.78, 5) is 14.6. The first-order valence-corrected chi connectivity index (χ1v) is 8.61. The van der Waals surface area contributed by atoms with Gasteiger partial charge in [0.25, 0.3) is 0 Å². The van der Waals surface area contributed by atoms with Crippen LogP contribution in [0.2, 0.25) is 0 Å². The van der Waals surface area contributed by atoms with Crippen molar-refractivity contribution in [1.29, 1.82) is 0 Å². The Balaban J connectivity index is 1.77. The van der Waals surface area contributed by atoms with Crippen LogP contribution in [0.25, 0.3) is 0 Å². The molecule has 1 aromatic rings. The molecule has 1 aliphatic heterocycles. The van der Waals surface area contributed by atoms with Gasteiger partial charge in [-0.25, -0.2) is 0 Å². The van der Waals surface area contributed by atoms with Crippen LogP contribution in [0.1, 0.15) is 45.1 Å². The van der Waals surface area contributed by atoms with Crippen LogP contribution in [-0.2, 0) is 11.2 Å². The summed E-state index contributed by atoms with van der Waals surface area (Å²) in [6.07, 6.45) is 4.83. The maximum Gasteiger partial charge on any atom is 0.220 e. The summed E-state index contributed by atoms with van der Waals surface area (Å²) in [5, 5.41) is 12.5. The molecule has 0 spiro atoms. The molecule has 23 heavy (non-hydrogen) atoms. The molecule has 1 amide bonds. The van der Waals surface area contributed by atoms with Gasteiger partial charge in [-0.15, -0.1) is 0 Å². The molecule has 1 atom stereocenters. The second kappa shape index (κ2) is 7.82. The molecular formula is C19H30N2O2. The van der Waals surface area contributed by atoms with Crippen LogP contribution < -0.4 is 5.32 Å². The van der Waals surface area contributed by atoms with E-state index >= 15 is 0 Å². The number of phenols is 1. The van der Waals surface area contributed by atoms with Gasteiger partial charge < -0.3 is 15.3 Å². The molecule has 0 radical (unpaired) electrons. The predicted octanol–water partition coefficient (Wildman–Crippen LogP) is 2.95. The summed E-state index contributed by atoms with van der Waals surface area (Å²) in [6.45, 7) is 6.39. The lowest BCUT2D eigenvalue weighted by molar-refractivity contribution is -0.123. The van der Waals surface area contributed by atoms with Gasteiger partial charge in [0.15, 0.2) is 0 Å². The van der Waals surface area contributed by atoms with Crippen molar-refractivity contribution in [2.45, 2.75) is 51.5 Å². The van der Waals surface area contributed by atoms with Gasteiger partial charge in [-0.2, -0.15) is 0 Å². The maximum atomic E-state index is 12.3. The molecule has 1 fully saturated rings. The van der Waals surface area contributed by atoms with Gasteiger partial charge >= 0.3 is 0 Å². The zero-order chi connectivity index (χ0) is 16.9. The zero-order valence-corrected chi connectivity index (χ0v) is 14.6. The third-order valence-electron chi connectivity index (χ3n) is 4.56. The Morgan fingerprint density at radius 1 is 1.35 bits per heavy atom. The van der Waals surface area contributed by atoms with Gasteiger partial charge in [0, 0.05) is 18.5 Å². The molecule has 2 N–H and O–H groups in total. The molecular weight excluding hydrogens is 288 g/mol. The maximum absolute atomic E-state index is 12.3. The lowest BCUT2D eigenvalue weighted by Crippen LogP contribution is -2.45. The number of piperidine rings is 1. The number of hydrogen-bond donors (Lipinski definition) is 2. The lowest BCUT2D eigenvalue weighted by atomic mass is 9.92. The molecule has 1 aliphatic rings. The fourth-order valence-electron chi connectivity index (χ4n) is 3.45. The van der Waals surface area contributed by atoms with Crippen molar-refractivity contribution in [2.75, 3.05) is 20.1 Å². The van der Waals surface area contributed by atoms with Crippen LogP contribution in [0.15, 0.2) is 24.3 Å². The molecule has 4 heteroatoms. The highest BCUT2D eigenvalue weighted by molar-refractivity contribution is 5.76. The van der Waals surface area contributed by atoms with Crippen LogP contribution in [0.4, 0.5) is 0 Å². The van der Waals surface area contributed by atoms with E-state index in [1.807, 2.05) is 26.0 Å². The Hall–Kier alpha value is -1.55. The second-order valence-corrected chi connectivity index (χ2v) is 7.58. The molecule has 0 aromatic heterocycles. The molecule has 0 aliphatic carbocycles. The van der Waals surface area contributed by atoms with E-state index in [9.17, 15) is 9.90 Å². The van der Waals surface area contributed by atoms with Crippen LogP contribution >= 0.6 is 0 Å². The first-order valence-electron chi connectivity index (χ1n) is 8.61. The predicted molar refractivity (Wildman–Crippen MR) is 93.5 cm³/mol. The summed E-state index contributed by atoms with van der Waals surface area (Å²) >= 11 is 0. The summed E-state index contributed by atoms with van der Waals surface area (Å²) in [5.41, 5.74) is 0.833. The number of amides is 1. The van der Waals surface area contributed by atoms with E-state index in [2.05, 4.69) is 17.3 Å². The highest BCUT2D eigenvalue weighted by Gasteiger charge is 2.23. The Kier molecular flexibility index (Phi) is 6.05. The number of nitrogens with one attached hydrogen (secondary N) is 1. The third-order valence-corrected chi connectivity index (χ3v) is 4.56. The molecule has 0 saturated carbocycles. The van der Waals surface area contributed by atoms with Gasteiger partial charge in [0.2, 0.25) is 5.91 Å². The van der Waals surface area contributed by atoms with Crippen molar-refractivity contribution in [3.8, 4) is 5.75 Å². The number of phenolic OH excluding ortho intramolecular Hbond substituents is 1. The molecule has 4 nitrogen and oxygen atoms in total. The lowest BCUT2D eigenvalue weighted by Gasteiger charge is -2.30. The number of aromatic hydroxyl groups is 1. The normalized spacial score (nSPS) is 19.5. The van der Waals surface area contributed by atoms with Crippen molar-refractivity contribution in [2.24, 2.45) is 5.92 Å². The van der Waals surface area contributed by atoms with Crippen molar-refractivity contribution >= 4 is 5.91 Å². The minimum absolute atomic E-state index is 0.141. The number of carbonyl (C=O) groups excluding carboxylic acids is 1. The summed E-state index contributed by atoms with van der Waals surface area (Å²) in [5.74, 6) is 1.06. The summed E-state index contributed by atoms with van der Waals surface area (Å²) < 4.78 is 0. The Bertz CT molecular complexity index is 511. The second-order valence-electron chi connectivity index (χ2n) is 7.58. The van der Waals surface area contributed by atoms with Crippen molar-refractivity contribution in [1.82, 2.24) is 10.2 Å². The van der Waals surface area contributed by atoms with Crippen molar-refractivity contribution in [3.05, 3.63) is 29.8 Å². The topological polar surface area (TPSA) is 52.6 Å². The van der Waals surface area contributed by atoms with E-state index in [4.69, 9.17) is 0 Å². The number of hydrogen-bond acceptors (Lipinski definition) is 3. The standard InChI is InChI=1S/C19H30N2O2/c1-19(2,13-15-6-9-17(22)10-7-15)20-18(23)11-8-16-5-4-12-21(3)14-16/h6-7,9-10,16,22H,4-5,8,11-14H2,1-3H3,(H,20,23)/t16-/m0/s1. The number of rotatable bonds is 6. The van der Waals surface area contributed by atoms with E-state index < -0.39 is 0 Å². The van der Waals surface area contributed by atoms with Gasteiger partial charge in [0.05, 0.1) is 0 Å². The monoisotopic (exact) mass is 318 g/mol. The fraction of sp³-hybridized carbons (Fsp3) is 0.632. The summed E-state index contributed by atoms with van der Waals surface area (Å²) in [6, 6.07) is 7.18. The van der Waals surface area contributed by atoms with Crippen LogP contribution in [0, 0.1) is 5.92 Å². The molecule has 0 bridgehead atoms. The van der Waals surface area contributed by atoms with Crippen molar-refractivity contribution < 1.29 is 9.90 Å². The van der Waals surface area contributed by atoms with Gasteiger partial charge in [-0.05, 0) is 76.7 Å². The van der Waals surface area contributed by atoms with E-state index in [0.717, 1.165) is 24.9 Å². The molecule has 1 heterocycles. The Morgan fingerprint density at radius 3 is 2.70 bits per heavy atom. The smallest absolute Gasteiger partial charge is 0.220 e. The number of carbonyl (C=O) groups is 1. The van der Waals surface area contributed by atoms with Crippen LogP contribution in [-0.4, -0.2) is 41.6 Å². The van der Waals surface area contributed by atoms with Crippen molar-refractivity contribution in [3.63, 3.8) is 0 Å². The van der Waals surface area contributed by atoms with E-state index in [-0.39, 0.29) is 17.2 Å². The highest BCUT2D eigenvalue weighted by Crippen LogP contribution is 2.21. The highest BCUT2D eigenvalue weighted by atomic mass is 16.3. The number of nitrogens with zero attached hydrogens (tertiary/aromatic N) is 1. The number of likely N-dealkylation sites (tertiary alicyclic amines) is 1. The van der Waals surface area contributed by atoms with E-state index in [0.29, 0.717) is 12.3 Å².